The number of esters is 1. The van der Waals surface area contributed by atoms with Crippen molar-refractivity contribution in [1.82, 2.24) is 5.32 Å². The average molecular weight is 343 g/mol. The highest BCUT2D eigenvalue weighted by molar-refractivity contribution is 5.89. The van der Waals surface area contributed by atoms with Crippen molar-refractivity contribution in [1.29, 1.82) is 0 Å². The van der Waals surface area contributed by atoms with E-state index in [2.05, 4.69) is 5.32 Å². The van der Waals surface area contributed by atoms with Crippen molar-refractivity contribution in [3.05, 3.63) is 59.2 Å². The van der Waals surface area contributed by atoms with E-state index in [-0.39, 0.29) is 11.7 Å². The van der Waals surface area contributed by atoms with Gasteiger partial charge in [0.1, 0.15) is 5.60 Å². The summed E-state index contributed by atoms with van der Waals surface area (Å²) in [7, 11) is 1.52. The molecule has 0 unspecified atom stereocenters. The first-order valence-corrected chi connectivity index (χ1v) is 8.17. The zero-order chi connectivity index (χ0) is 18.4. The summed E-state index contributed by atoms with van der Waals surface area (Å²) in [6.45, 7) is 6.81. The zero-order valence-electron chi connectivity index (χ0n) is 15.1. The number of aromatic hydroxyl groups is 1. The molecule has 5 heteroatoms. The normalized spacial score (nSPS) is 11.2. The molecule has 0 bridgehead atoms. The van der Waals surface area contributed by atoms with E-state index >= 15 is 0 Å². The first-order valence-electron chi connectivity index (χ1n) is 8.17. The number of hydrogen-bond acceptors (Lipinski definition) is 5. The number of carbonyl (C=O) groups excluding carboxylic acids is 1. The molecule has 2 aromatic carbocycles. The Bertz CT molecular complexity index is 717. The van der Waals surface area contributed by atoms with Crippen molar-refractivity contribution >= 4 is 5.97 Å². The first kappa shape index (κ1) is 18.8. The predicted molar refractivity (Wildman–Crippen MR) is 96.8 cm³/mol. The average Bonchev–Trinajstić information content (AvgIpc) is 2.54. The van der Waals surface area contributed by atoms with Crippen molar-refractivity contribution in [2.45, 2.75) is 39.5 Å². The summed E-state index contributed by atoms with van der Waals surface area (Å²) >= 11 is 0. The van der Waals surface area contributed by atoms with Gasteiger partial charge in [-0.1, -0.05) is 18.2 Å². The minimum Gasteiger partial charge on any atom is -0.504 e. The van der Waals surface area contributed by atoms with Crippen molar-refractivity contribution < 1.29 is 19.4 Å². The Labute approximate surface area is 148 Å². The monoisotopic (exact) mass is 343 g/mol. The molecule has 25 heavy (non-hydrogen) atoms. The summed E-state index contributed by atoms with van der Waals surface area (Å²) in [4.78, 5) is 12.0. The molecular formula is C20H25NO4. The van der Waals surface area contributed by atoms with Crippen LogP contribution >= 0.6 is 0 Å². The Balaban J connectivity index is 1.87. The van der Waals surface area contributed by atoms with Gasteiger partial charge in [0.2, 0.25) is 0 Å². The largest absolute Gasteiger partial charge is 0.504 e. The topological polar surface area (TPSA) is 67.8 Å². The van der Waals surface area contributed by atoms with Gasteiger partial charge in [0, 0.05) is 13.1 Å². The van der Waals surface area contributed by atoms with Crippen LogP contribution in [0.4, 0.5) is 0 Å². The minimum atomic E-state index is -0.499. The van der Waals surface area contributed by atoms with Crippen LogP contribution in [-0.2, 0) is 17.8 Å². The number of rotatable bonds is 6. The molecule has 2 aromatic rings. The predicted octanol–water partition coefficient (Wildman–Crippen LogP) is 3.65. The minimum absolute atomic E-state index is 0.128. The molecule has 0 atom stereocenters. The van der Waals surface area contributed by atoms with Crippen LogP contribution in [0.3, 0.4) is 0 Å². The van der Waals surface area contributed by atoms with E-state index in [0.717, 1.165) is 11.1 Å². The quantitative estimate of drug-likeness (QED) is 0.784. The molecule has 0 heterocycles. The molecule has 2 N–H and O–H groups in total. The smallest absolute Gasteiger partial charge is 0.338 e. The van der Waals surface area contributed by atoms with Crippen molar-refractivity contribution in [2.75, 3.05) is 7.11 Å². The molecule has 0 radical (unpaired) electrons. The lowest BCUT2D eigenvalue weighted by molar-refractivity contribution is 0.00695. The maximum Gasteiger partial charge on any atom is 0.338 e. The number of ether oxygens (including phenoxy) is 2. The van der Waals surface area contributed by atoms with Gasteiger partial charge in [0.05, 0.1) is 12.7 Å². The van der Waals surface area contributed by atoms with Crippen LogP contribution in [0.2, 0.25) is 0 Å². The molecule has 0 aromatic heterocycles. The highest BCUT2D eigenvalue weighted by Gasteiger charge is 2.17. The number of carbonyl (C=O) groups is 1. The van der Waals surface area contributed by atoms with Gasteiger partial charge in [-0.25, -0.2) is 4.79 Å². The molecule has 0 aliphatic rings. The van der Waals surface area contributed by atoms with E-state index in [4.69, 9.17) is 9.47 Å². The number of methoxy groups -OCH3 is 1. The maximum atomic E-state index is 12.0. The second-order valence-corrected chi connectivity index (χ2v) is 6.81. The molecule has 0 saturated heterocycles. The van der Waals surface area contributed by atoms with Crippen molar-refractivity contribution in [3.63, 3.8) is 0 Å². The van der Waals surface area contributed by atoms with Gasteiger partial charge in [0.25, 0.3) is 0 Å². The molecule has 0 saturated carbocycles. The van der Waals surface area contributed by atoms with Crippen LogP contribution in [0.15, 0.2) is 42.5 Å². The molecule has 0 amide bonds. The van der Waals surface area contributed by atoms with Gasteiger partial charge in [0.15, 0.2) is 11.5 Å². The Morgan fingerprint density at radius 1 is 1.04 bits per heavy atom. The van der Waals surface area contributed by atoms with Gasteiger partial charge in [-0.15, -0.1) is 0 Å². The van der Waals surface area contributed by atoms with E-state index in [9.17, 15) is 9.90 Å². The van der Waals surface area contributed by atoms with Crippen LogP contribution in [-0.4, -0.2) is 23.8 Å². The SMILES string of the molecule is COc1ccc(CNCc2ccc(C(=O)OC(C)(C)C)cc2)cc1O. The van der Waals surface area contributed by atoms with Gasteiger partial charge in [-0.2, -0.15) is 0 Å². The highest BCUT2D eigenvalue weighted by atomic mass is 16.6. The van der Waals surface area contributed by atoms with Crippen LogP contribution in [0.1, 0.15) is 42.3 Å². The van der Waals surface area contributed by atoms with Crippen LogP contribution in [0.25, 0.3) is 0 Å². The summed E-state index contributed by atoms with van der Waals surface area (Å²) in [6, 6.07) is 12.7. The number of benzene rings is 2. The summed E-state index contributed by atoms with van der Waals surface area (Å²) in [5.41, 5.74) is 2.06. The van der Waals surface area contributed by atoms with E-state index in [1.165, 1.54) is 7.11 Å². The van der Waals surface area contributed by atoms with E-state index in [0.29, 0.717) is 24.4 Å². The summed E-state index contributed by atoms with van der Waals surface area (Å²) in [6.07, 6.45) is 0. The fraction of sp³-hybridized carbons (Fsp3) is 0.350. The molecular weight excluding hydrogens is 318 g/mol. The fourth-order valence-corrected chi connectivity index (χ4v) is 2.29. The number of hydrogen-bond donors (Lipinski definition) is 2. The standard InChI is InChI=1S/C20H25NO4/c1-20(2,3)25-19(23)16-8-5-14(6-9-16)12-21-13-15-7-10-18(24-4)17(22)11-15/h5-11,21-22H,12-13H2,1-4H3. The third-order valence-corrected chi connectivity index (χ3v) is 3.49. The lowest BCUT2D eigenvalue weighted by Crippen LogP contribution is -2.23. The number of phenolic OH excluding ortho intramolecular Hbond substituents is 1. The van der Waals surface area contributed by atoms with Crippen LogP contribution in [0, 0.1) is 0 Å². The third kappa shape index (κ3) is 5.80. The van der Waals surface area contributed by atoms with Crippen LogP contribution in [0.5, 0.6) is 11.5 Å². The summed E-state index contributed by atoms with van der Waals surface area (Å²) in [5, 5.41) is 13.1. The van der Waals surface area contributed by atoms with Crippen molar-refractivity contribution in [2.24, 2.45) is 0 Å². The molecule has 0 spiro atoms. The zero-order valence-corrected chi connectivity index (χ0v) is 15.1. The number of nitrogens with one attached hydrogen (secondary N) is 1. The molecule has 0 aliphatic carbocycles. The highest BCUT2D eigenvalue weighted by Crippen LogP contribution is 2.26. The Morgan fingerprint density at radius 3 is 2.20 bits per heavy atom. The molecule has 134 valence electrons. The maximum absolute atomic E-state index is 12.0. The third-order valence-electron chi connectivity index (χ3n) is 3.49. The second-order valence-electron chi connectivity index (χ2n) is 6.81. The lowest BCUT2D eigenvalue weighted by atomic mass is 10.1. The number of phenols is 1. The van der Waals surface area contributed by atoms with Gasteiger partial charge >= 0.3 is 5.97 Å². The first-order chi connectivity index (χ1) is 11.8. The molecule has 0 aliphatic heterocycles. The summed E-state index contributed by atoms with van der Waals surface area (Å²) in [5.74, 6) is 0.269. The van der Waals surface area contributed by atoms with Gasteiger partial charge in [-0.3, -0.25) is 0 Å². The van der Waals surface area contributed by atoms with Crippen LogP contribution < -0.4 is 10.1 Å². The Hall–Kier alpha value is -2.53. The molecule has 0 fully saturated rings. The molecule has 2 rings (SSSR count). The van der Waals surface area contributed by atoms with Gasteiger partial charge < -0.3 is 19.9 Å². The molecule has 5 nitrogen and oxygen atoms in total. The van der Waals surface area contributed by atoms with E-state index in [1.807, 2.05) is 39.0 Å². The summed E-state index contributed by atoms with van der Waals surface area (Å²) < 4.78 is 10.4. The van der Waals surface area contributed by atoms with E-state index in [1.54, 1.807) is 24.3 Å². The van der Waals surface area contributed by atoms with Crippen molar-refractivity contribution in [3.8, 4) is 11.5 Å². The van der Waals surface area contributed by atoms with Gasteiger partial charge in [-0.05, 0) is 56.2 Å². The second kappa shape index (κ2) is 8.03. The Kier molecular flexibility index (Phi) is 6.04. The lowest BCUT2D eigenvalue weighted by Gasteiger charge is -2.19. The van der Waals surface area contributed by atoms with E-state index < -0.39 is 5.60 Å². The fourth-order valence-electron chi connectivity index (χ4n) is 2.29. The Morgan fingerprint density at radius 2 is 1.64 bits per heavy atom.